The summed E-state index contributed by atoms with van der Waals surface area (Å²) >= 11 is 11.5. The molecule has 0 aliphatic carbocycles. The van der Waals surface area contributed by atoms with Gasteiger partial charge in [-0.3, -0.25) is 4.79 Å². The van der Waals surface area contributed by atoms with Crippen molar-refractivity contribution in [1.29, 1.82) is 0 Å². The zero-order valence-corrected chi connectivity index (χ0v) is 8.77. The van der Waals surface area contributed by atoms with E-state index in [4.69, 9.17) is 23.2 Å². The van der Waals surface area contributed by atoms with Gasteiger partial charge < -0.3 is 0 Å². The van der Waals surface area contributed by atoms with Crippen LogP contribution in [-0.2, 0) is 0 Å². The number of ketones is 1. The molecule has 0 aliphatic rings. The number of hydrogen-bond acceptors (Lipinski definition) is 1. The van der Waals surface area contributed by atoms with Gasteiger partial charge in [0, 0.05) is 10.6 Å². The normalized spacial score (nSPS) is 12.5. The number of alkyl halides is 1. The number of Topliss-reactive ketones (excluding diaryl/α,β-unsaturated/α-hetero) is 1. The fourth-order valence-corrected chi connectivity index (χ4v) is 1.23. The number of benzene rings is 1. The highest BCUT2D eigenvalue weighted by atomic mass is 35.5. The van der Waals surface area contributed by atoms with Crippen LogP contribution in [0.25, 0.3) is 0 Å². The molecule has 3 heteroatoms. The maximum Gasteiger partial charge on any atom is 0.180 e. The van der Waals surface area contributed by atoms with Crippen molar-refractivity contribution in [2.45, 2.75) is 18.7 Å². The molecule has 0 saturated heterocycles. The van der Waals surface area contributed by atoms with Crippen LogP contribution in [0.2, 0.25) is 5.02 Å². The number of carbonyl (C=O) groups excluding carboxylic acids is 1. The van der Waals surface area contributed by atoms with Gasteiger partial charge in [-0.05, 0) is 30.7 Å². The molecule has 70 valence electrons. The van der Waals surface area contributed by atoms with Crippen LogP contribution >= 0.6 is 23.2 Å². The monoisotopic (exact) mass is 216 g/mol. The molecule has 1 unspecified atom stereocenters. The minimum atomic E-state index is -0.429. The minimum absolute atomic E-state index is 0.0409. The quantitative estimate of drug-likeness (QED) is 0.559. The molecular formula is C10H10Cl2O. The molecule has 0 amide bonds. The van der Waals surface area contributed by atoms with E-state index < -0.39 is 5.38 Å². The Kier molecular flexibility index (Phi) is 3.76. The predicted molar refractivity (Wildman–Crippen MR) is 55.7 cm³/mol. The fraction of sp³-hybridized carbons (Fsp3) is 0.300. The Labute approximate surface area is 87.7 Å². The zero-order valence-electron chi connectivity index (χ0n) is 7.26. The van der Waals surface area contributed by atoms with Crippen molar-refractivity contribution in [3.8, 4) is 0 Å². The van der Waals surface area contributed by atoms with Gasteiger partial charge in [0.2, 0.25) is 0 Å². The number of hydrogen-bond donors (Lipinski definition) is 0. The Balaban J connectivity index is 2.83. The molecule has 0 bridgehead atoms. The van der Waals surface area contributed by atoms with E-state index in [1.54, 1.807) is 24.3 Å². The molecule has 1 aromatic rings. The van der Waals surface area contributed by atoms with E-state index in [1.807, 2.05) is 6.92 Å². The molecule has 0 heterocycles. The van der Waals surface area contributed by atoms with Crippen molar-refractivity contribution < 1.29 is 4.79 Å². The Bertz CT molecular complexity index is 292. The summed E-state index contributed by atoms with van der Waals surface area (Å²) in [6.07, 6.45) is 0.642. The van der Waals surface area contributed by atoms with Crippen molar-refractivity contribution in [3.05, 3.63) is 34.9 Å². The molecule has 0 spiro atoms. The van der Waals surface area contributed by atoms with E-state index in [9.17, 15) is 4.79 Å². The summed E-state index contributed by atoms with van der Waals surface area (Å²) in [5.41, 5.74) is 0.617. The number of carbonyl (C=O) groups is 1. The second-order valence-corrected chi connectivity index (χ2v) is 3.71. The van der Waals surface area contributed by atoms with E-state index in [0.29, 0.717) is 17.0 Å². The van der Waals surface area contributed by atoms with Gasteiger partial charge in [0.25, 0.3) is 0 Å². The fourth-order valence-electron chi connectivity index (χ4n) is 0.980. The molecule has 1 aromatic carbocycles. The molecule has 0 fully saturated rings. The van der Waals surface area contributed by atoms with Crippen LogP contribution in [0.15, 0.2) is 24.3 Å². The van der Waals surface area contributed by atoms with E-state index >= 15 is 0 Å². The van der Waals surface area contributed by atoms with Gasteiger partial charge in [-0.15, -0.1) is 11.6 Å². The summed E-state index contributed by atoms with van der Waals surface area (Å²) in [4.78, 5) is 11.5. The summed E-state index contributed by atoms with van der Waals surface area (Å²) in [6, 6.07) is 6.76. The smallest absolute Gasteiger partial charge is 0.180 e. The summed E-state index contributed by atoms with van der Waals surface area (Å²) < 4.78 is 0. The van der Waals surface area contributed by atoms with Crippen LogP contribution in [0.1, 0.15) is 23.7 Å². The van der Waals surface area contributed by atoms with E-state index in [1.165, 1.54) is 0 Å². The lowest BCUT2D eigenvalue weighted by molar-refractivity contribution is 0.0985. The average molecular weight is 217 g/mol. The summed E-state index contributed by atoms with van der Waals surface area (Å²) in [5, 5.41) is 0.195. The van der Waals surface area contributed by atoms with Crippen LogP contribution in [0.3, 0.4) is 0 Å². The van der Waals surface area contributed by atoms with Crippen molar-refractivity contribution >= 4 is 29.0 Å². The Morgan fingerprint density at radius 1 is 1.38 bits per heavy atom. The van der Waals surface area contributed by atoms with Crippen molar-refractivity contribution in [2.24, 2.45) is 0 Å². The van der Waals surface area contributed by atoms with E-state index in [0.717, 1.165) is 0 Å². The predicted octanol–water partition coefficient (Wildman–Crippen LogP) is 3.54. The van der Waals surface area contributed by atoms with Crippen LogP contribution in [0.4, 0.5) is 0 Å². The first-order valence-corrected chi connectivity index (χ1v) is 4.90. The molecule has 0 saturated carbocycles. The average Bonchev–Trinajstić information content (AvgIpc) is 2.17. The van der Waals surface area contributed by atoms with Crippen LogP contribution < -0.4 is 0 Å². The second kappa shape index (κ2) is 4.64. The first kappa shape index (κ1) is 10.6. The van der Waals surface area contributed by atoms with Gasteiger partial charge in [-0.1, -0.05) is 18.5 Å². The van der Waals surface area contributed by atoms with Gasteiger partial charge in [0.05, 0.1) is 5.38 Å². The maximum absolute atomic E-state index is 11.5. The molecule has 13 heavy (non-hydrogen) atoms. The van der Waals surface area contributed by atoms with Crippen LogP contribution in [-0.4, -0.2) is 11.2 Å². The standard InChI is InChI=1S/C10H10Cl2O/c1-2-9(12)10(13)7-3-5-8(11)6-4-7/h3-6,9H,2H2,1H3. The highest BCUT2D eigenvalue weighted by Gasteiger charge is 2.14. The van der Waals surface area contributed by atoms with E-state index in [-0.39, 0.29) is 5.78 Å². The van der Waals surface area contributed by atoms with E-state index in [2.05, 4.69) is 0 Å². The van der Waals surface area contributed by atoms with Crippen LogP contribution in [0.5, 0.6) is 0 Å². The van der Waals surface area contributed by atoms with Gasteiger partial charge in [-0.2, -0.15) is 0 Å². The van der Waals surface area contributed by atoms with Crippen molar-refractivity contribution in [3.63, 3.8) is 0 Å². The molecule has 0 N–H and O–H groups in total. The SMILES string of the molecule is CCC(Cl)C(=O)c1ccc(Cl)cc1. The van der Waals surface area contributed by atoms with Crippen molar-refractivity contribution in [1.82, 2.24) is 0 Å². The third-order valence-corrected chi connectivity index (χ3v) is 2.53. The molecule has 1 atom stereocenters. The third kappa shape index (κ3) is 2.71. The van der Waals surface area contributed by atoms with Crippen LogP contribution in [0, 0.1) is 0 Å². The number of halogens is 2. The zero-order chi connectivity index (χ0) is 9.84. The summed E-state index contributed by atoms with van der Waals surface area (Å²) in [6.45, 7) is 1.88. The Hall–Kier alpha value is -0.530. The van der Waals surface area contributed by atoms with Gasteiger partial charge in [0.15, 0.2) is 5.78 Å². The Morgan fingerprint density at radius 2 is 1.92 bits per heavy atom. The lowest BCUT2D eigenvalue weighted by atomic mass is 10.1. The summed E-state index contributed by atoms with van der Waals surface area (Å²) in [7, 11) is 0. The van der Waals surface area contributed by atoms with Crippen molar-refractivity contribution in [2.75, 3.05) is 0 Å². The lowest BCUT2D eigenvalue weighted by Crippen LogP contribution is -2.13. The third-order valence-electron chi connectivity index (χ3n) is 1.77. The molecular weight excluding hydrogens is 207 g/mol. The topological polar surface area (TPSA) is 17.1 Å². The highest BCUT2D eigenvalue weighted by Crippen LogP contribution is 2.14. The first-order chi connectivity index (χ1) is 6.15. The molecule has 1 rings (SSSR count). The molecule has 1 nitrogen and oxygen atoms in total. The summed E-state index contributed by atoms with van der Waals surface area (Å²) in [5.74, 6) is -0.0409. The molecule has 0 aliphatic heterocycles. The van der Waals surface area contributed by atoms with Gasteiger partial charge in [0.1, 0.15) is 0 Å². The Morgan fingerprint density at radius 3 is 2.38 bits per heavy atom. The first-order valence-electron chi connectivity index (χ1n) is 4.09. The lowest BCUT2D eigenvalue weighted by Gasteiger charge is -2.04. The maximum atomic E-state index is 11.5. The molecule has 0 aromatic heterocycles. The van der Waals surface area contributed by atoms with Gasteiger partial charge in [-0.25, -0.2) is 0 Å². The minimum Gasteiger partial charge on any atom is -0.293 e. The second-order valence-electron chi connectivity index (χ2n) is 2.75. The van der Waals surface area contributed by atoms with Gasteiger partial charge >= 0.3 is 0 Å². The highest BCUT2D eigenvalue weighted by molar-refractivity contribution is 6.34. The molecule has 0 radical (unpaired) electrons. The number of rotatable bonds is 3. The largest absolute Gasteiger partial charge is 0.293 e.